The fourth-order valence-electron chi connectivity index (χ4n) is 5.20. The van der Waals surface area contributed by atoms with Gasteiger partial charge in [0.25, 0.3) is 5.56 Å². The van der Waals surface area contributed by atoms with E-state index in [1.165, 1.54) is 34.6 Å². The summed E-state index contributed by atoms with van der Waals surface area (Å²) in [6.07, 6.45) is 3.48. The molecule has 1 aliphatic carbocycles. The van der Waals surface area contributed by atoms with Crippen LogP contribution in [0, 0.1) is 13.8 Å². The molecule has 0 aliphatic heterocycles. The van der Waals surface area contributed by atoms with Crippen molar-refractivity contribution in [2.24, 2.45) is 0 Å². The quantitative estimate of drug-likeness (QED) is 0.273. The van der Waals surface area contributed by atoms with Crippen molar-refractivity contribution < 1.29 is 22.4 Å². The maximum atomic E-state index is 11.4. The van der Waals surface area contributed by atoms with E-state index in [1.807, 2.05) is 36.4 Å². The van der Waals surface area contributed by atoms with Gasteiger partial charge in [-0.05, 0) is 103 Å². The lowest BCUT2D eigenvalue weighted by molar-refractivity contribution is 0.207. The Morgan fingerprint density at radius 2 is 1.74 bits per heavy atom. The molecule has 1 unspecified atom stereocenters. The summed E-state index contributed by atoms with van der Waals surface area (Å²) in [6.45, 7) is 4.54. The normalized spacial score (nSPS) is 14.9. The molecule has 8 heteroatoms. The molecule has 3 aromatic carbocycles. The molecule has 5 rings (SSSR count). The first-order valence-electron chi connectivity index (χ1n) is 12.7. The van der Waals surface area contributed by atoms with Crippen molar-refractivity contribution >= 4 is 9.84 Å². The summed E-state index contributed by atoms with van der Waals surface area (Å²) in [7, 11) is -2.99. The van der Waals surface area contributed by atoms with Gasteiger partial charge in [0, 0.05) is 11.8 Å². The summed E-state index contributed by atoms with van der Waals surface area (Å²) in [5.41, 5.74) is 7.68. The van der Waals surface area contributed by atoms with E-state index in [0.29, 0.717) is 18.8 Å². The van der Waals surface area contributed by atoms with Gasteiger partial charge in [-0.1, -0.05) is 18.2 Å². The fourth-order valence-corrected chi connectivity index (χ4v) is 5.85. The van der Waals surface area contributed by atoms with Gasteiger partial charge < -0.3 is 14.0 Å². The summed E-state index contributed by atoms with van der Waals surface area (Å²) < 4.78 is 40.1. The molecule has 0 amide bonds. The van der Waals surface area contributed by atoms with Gasteiger partial charge in [-0.3, -0.25) is 4.79 Å². The van der Waals surface area contributed by atoms with Crippen LogP contribution in [0.5, 0.6) is 11.5 Å². The van der Waals surface area contributed by atoms with E-state index in [2.05, 4.69) is 37.2 Å². The minimum absolute atomic E-state index is 0.0425. The zero-order valence-corrected chi connectivity index (χ0v) is 22.6. The van der Waals surface area contributed by atoms with Crippen molar-refractivity contribution in [3.63, 3.8) is 0 Å². The molecule has 0 bridgehead atoms. The SMILES string of the molecule is Cc1cc(OCCCS(C)(=O)=O)cc(C)c1-c1cccc2c1CCC2Oc1ccc(-c2cc(=O)[nH]o2)cc1. The van der Waals surface area contributed by atoms with Crippen molar-refractivity contribution in [3.05, 3.63) is 93.3 Å². The highest BCUT2D eigenvalue weighted by Gasteiger charge is 2.27. The van der Waals surface area contributed by atoms with Gasteiger partial charge in [0.2, 0.25) is 0 Å². The van der Waals surface area contributed by atoms with E-state index in [-0.39, 0.29) is 17.4 Å². The molecular formula is C30H31NO6S. The predicted molar refractivity (Wildman–Crippen MR) is 148 cm³/mol. The zero-order valence-electron chi connectivity index (χ0n) is 21.7. The highest BCUT2D eigenvalue weighted by Crippen LogP contribution is 2.42. The van der Waals surface area contributed by atoms with E-state index in [9.17, 15) is 13.2 Å². The molecule has 1 aliphatic rings. The topological polar surface area (TPSA) is 98.6 Å². The largest absolute Gasteiger partial charge is 0.494 e. The number of H-pyrrole nitrogens is 1. The number of aromatic nitrogens is 1. The van der Waals surface area contributed by atoms with Crippen LogP contribution in [0.3, 0.4) is 0 Å². The fraction of sp³-hybridized carbons (Fsp3) is 0.300. The van der Waals surface area contributed by atoms with Crippen LogP contribution >= 0.6 is 0 Å². The zero-order chi connectivity index (χ0) is 26.9. The third-order valence-corrected chi connectivity index (χ3v) is 7.89. The Kier molecular flexibility index (Phi) is 7.17. The molecule has 0 fully saturated rings. The first-order chi connectivity index (χ1) is 18.2. The molecule has 0 saturated carbocycles. The lowest BCUT2D eigenvalue weighted by atomic mass is 9.90. The minimum Gasteiger partial charge on any atom is -0.494 e. The van der Waals surface area contributed by atoms with E-state index >= 15 is 0 Å². The molecule has 198 valence electrons. The maximum absolute atomic E-state index is 11.4. The van der Waals surface area contributed by atoms with Gasteiger partial charge in [0.15, 0.2) is 5.76 Å². The Hall–Kier alpha value is -3.78. The Morgan fingerprint density at radius 3 is 2.39 bits per heavy atom. The van der Waals surface area contributed by atoms with E-state index < -0.39 is 9.84 Å². The second-order valence-corrected chi connectivity index (χ2v) is 12.1. The number of aromatic amines is 1. The number of benzene rings is 3. The van der Waals surface area contributed by atoms with Gasteiger partial charge in [-0.25, -0.2) is 8.42 Å². The monoisotopic (exact) mass is 533 g/mol. The van der Waals surface area contributed by atoms with Crippen LogP contribution < -0.4 is 15.0 Å². The highest BCUT2D eigenvalue weighted by atomic mass is 32.2. The number of aryl methyl sites for hydroxylation is 2. The number of hydrogen-bond acceptors (Lipinski definition) is 6. The molecule has 7 nitrogen and oxygen atoms in total. The van der Waals surface area contributed by atoms with Crippen molar-refractivity contribution in [1.82, 2.24) is 5.16 Å². The van der Waals surface area contributed by atoms with Crippen molar-refractivity contribution in [1.29, 1.82) is 0 Å². The third-order valence-electron chi connectivity index (χ3n) is 6.86. The number of ether oxygens (including phenoxy) is 2. The molecule has 1 aromatic heterocycles. The number of rotatable bonds is 9. The predicted octanol–water partition coefficient (Wildman–Crippen LogP) is 5.80. The first-order valence-corrected chi connectivity index (χ1v) is 14.7. The van der Waals surface area contributed by atoms with E-state index in [1.54, 1.807) is 0 Å². The van der Waals surface area contributed by atoms with Crippen LogP contribution in [0.15, 0.2) is 70.0 Å². The van der Waals surface area contributed by atoms with Crippen molar-refractivity contribution in [2.45, 2.75) is 39.2 Å². The molecule has 4 aromatic rings. The summed E-state index contributed by atoms with van der Waals surface area (Å²) in [4.78, 5) is 11.4. The van der Waals surface area contributed by atoms with Crippen molar-refractivity contribution in [2.75, 3.05) is 18.6 Å². The summed E-state index contributed by atoms with van der Waals surface area (Å²) in [5, 5.41) is 2.31. The number of hydrogen-bond donors (Lipinski definition) is 1. The lowest BCUT2D eigenvalue weighted by Crippen LogP contribution is -2.08. The molecule has 0 spiro atoms. The van der Waals surface area contributed by atoms with E-state index in [4.69, 9.17) is 14.0 Å². The van der Waals surface area contributed by atoms with Crippen LogP contribution in [0.2, 0.25) is 0 Å². The number of fused-ring (bicyclic) bond motifs is 1. The van der Waals surface area contributed by atoms with Crippen molar-refractivity contribution in [3.8, 4) is 33.9 Å². The van der Waals surface area contributed by atoms with Gasteiger partial charge >= 0.3 is 0 Å². The molecule has 0 saturated heterocycles. The summed E-state index contributed by atoms with van der Waals surface area (Å²) >= 11 is 0. The van der Waals surface area contributed by atoms with E-state index in [0.717, 1.165) is 41.0 Å². The van der Waals surface area contributed by atoms with Gasteiger partial charge in [0.05, 0.1) is 18.4 Å². The Morgan fingerprint density at radius 1 is 1.00 bits per heavy atom. The maximum Gasteiger partial charge on any atom is 0.280 e. The Balaban J connectivity index is 1.33. The smallest absolute Gasteiger partial charge is 0.280 e. The molecule has 1 heterocycles. The second kappa shape index (κ2) is 10.5. The molecule has 38 heavy (non-hydrogen) atoms. The number of sulfone groups is 1. The number of nitrogens with one attached hydrogen (secondary N) is 1. The molecular weight excluding hydrogens is 502 g/mol. The first kappa shape index (κ1) is 25.9. The Labute approximate surface area is 222 Å². The average molecular weight is 534 g/mol. The second-order valence-electron chi connectivity index (χ2n) is 9.88. The van der Waals surface area contributed by atoms with Crippen LogP contribution in [0.25, 0.3) is 22.5 Å². The third kappa shape index (κ3) is 5.70. The van der Waals surface area contributed by atoms with Gasteiger partial charge in [0.1, 0.15) is 27.4 Å². The average Bonchev–Trinajstić information content (AvgIpc) is 3.48. The standard InChI is InChI=1S/C30H31NO6S/c1-19-16-23(35-14-5-15-38(3,33)34)17-20(2)30(19)26-7-4-6-25-24(26)12-13-27(25)36-22-10-8-21(9-11-22)28-18-29(32)31-37-28/h4,6-11,16-18,27H,5,12-15H2,1-3H3,(H,31,32). The van der Waals surface area contributed by atoms with Crippen LogP contribution in [0.1, 0.15) is 41.2 Å². The summed E-state index contributed by atoms with van der Waals surface area (Å²) in [6, 6.07) is 19.4. The van der Waals surface area contributed by atoms with Crippen LogP contribution in [-0.2, 0) is 16.3 Å². The lowest BCUT2D eigenvalue weighted by Gasteiger charge is -2.18. The molecule has 1 atom stereocenters. The van der Waals surface area contributed by atoms with Crippen LogP contribution in [-0.4, -0.2) is 32.2 Å². The Bertz CT molecular complexity index is 1590. The van der Waals surface area contributed by atoms with Crippen LogP contribution in [0.4, 0.5) is 0 Å². The summed E-state index contributed by atoms with van der Waals surface area (Å²) in [5.74, 6) is 2.14. The molecule has 0 radical (unpaired) electrons. The highest BCUT2D eigenvalue weighted by molar-refractivity contribution is 7.90. The van der Waals surface area contributed by atoms with Gasteiger partial charge in [-0.15, -0.1) is 0 Å². The van der Waals surface area contributed by atoms with Gasteiger partial charge in [-0.2, -0.15) is 5.16 Å². The minimum atomic E-state index is -2.99. The molecule has 1 N–H and O–H groups in total.